The zero-order valence-electron chi connectivity index (χ0n) is 22.4. The average Bonchev–Trinajstić information content (AvgIpc) is 3.27. The van der Waals surface area contributed by atoms with Crippen molar-refractivity contribution in [2.24, 2.45) is 5.92 Å². The average molecular weight is 565 g/mol. The minimum absolute atomic E-state index is 0.124. The van der Waals surface area contributed by atoms with E-state index in [0.717, 1.165) is 60.6 Å². The first-order valence-electron chi connectivity index (χ1n) is 13.4. The Morgan fingerprint density at radius 2 is 2.08 bits per heavy atom. The number of nitrogens with one attached hydrogen (secondary N) is 1. The highest BCUT2D eigenvalue weighted by Gasteiger charge is 2.30. The molecule has 1 fully saturated rings. The molecule has 1 aromatic heterocycles. The molecule has 3 heterocycles. The van der Waals surface area contributed by atoms with Gasteiger partial charge in [0, 0.05) is 50.6 Å². The number of ether oxygens (including phenoxy) is 2. The van der Waals surface area contributed by atoms with E-state index in [9.17, 15) is 14.7 Å². The topological polar surface area (TPSA) is 114 Å². The van der Waals surface area contributed by atoms with Crippen LogP contribution in [-0.2, 0) is 33.8 Å². The van der Waals surface area contributed by atoms with Crippen LogP contribution < -0.4 is 5.32 Å². The fraction of sp³-hybridized carbons (Fsp3) is 0.400. The molecule has 2 N–H and O–H groups in total. The van der Waals surface area contributed by atoms with Gasteiger partial charge in [0.15, 0.2) is 0 Å². The maximum Gasteiger partial charge on any atom is 0.254 e. The van der Waals surface area contributed by atoms with Crippen molar-refractivity contribution in [3.8, 4) is 11.3 Å². The molecule has 0 bridgehead atoms. The summed E-state index contributed by atoms with van der Waals surface area (Å²) in [4.78, 5) is 36.8. The molecule has 1 saturated heterocycles. The van der Waals surface area contributed by atoms with Gasteiger partial charge in [-0.2, -0.15) is 0 Å². The molecule has 5 rings (SSSR count). The second-order valence-corrected chi connectivity index (χ2v) is 10.7. The Morgan fingerprint density at radius 3 is 2.85 bits per heavy atom. The molecular weight excluding hydrogens is 532 g/mol. The summed E-state index contributed by atoms with van der Waals surface area (Å²) in [6.45, 7) is 1.88. The number of hydrogen-bond acceptors (Lipinski definition) is 7. The van der Waals surface area contributed by atoms with E-state index in [4.69, 9.17) is 26.1 Å². The summed E-state index contributed by atoms with van der Waals surface area (Å²) in [7, 11) is 1.61. The molecule has 2 aliphatic rings. The molecule has 40 heavy (non-hydrogen) atoms. The summed E-state index contributed by atoms with van der Waals surface area (Å²) in [5.74, 6) is 0.614. The van der Waals surface area contributed by atoms with Crippen LogP contribution in [0.25, 0.3) is 11.3 Å². The van der Waals surface area contributed by atoms with Gasteiger partial charge >= 0.3 is 0 Å². The van der Waals surface area contributed by atoms with E-state index in [1.165, 1.54) is 4.90 Å². The van der Waals surface area contributed by atoms with Crippen LogP contribution in [-0.4, -0.2) is 65.3 Å². The number of nitrogens with zero attached hydrogens (tertiary/aromatic N) is 3. The first-order chi connectivity index (χ1) is 19.4. The number of benzene rings is 2. The van der Waals surface area contributed by atoms with Crippen LogP contribution in [0.5, 0.6) is 0 Å². The van der Waals surface area contributed by atoms with E-state index in [1.807, 2.05) is 36.4 Å². The van der Waals surface area contributed by atoms with E-state index >= 15 is 0 Å². The summed E-state index contributed by atoms with van der Waals surface area (Å²) >= 11 is 6.48. The second-order valence-electron chi connectivity index (χ2n) is 10.3. The van der Waals surface area contributed by atoms with E-state index < -0.39 is 6.04 Å². The first-order valence-corrected chi connectivity index (χ1v) is 13.8. The van der Waals surface area contributed by atoms with Crippen molar-refractivity contribution in [1.82, 2.24) is 20.2 Å². The minimum Gasteiger partial charge on any atom is -0.394 e. The SMILES string of the molecule is COCc1cccc([C@@H](CO)NC(=O)CN2Cc3ccc(-c4nc(CC5CCOCC5)ncc4Cl)cc3C2=O)c1. The predicted octanol–water partition coefficient (Wildman–Crippen LogP) is 3.72. The number of fused-ring (bicyclic) bond motifs is 1. The molecule has 2 aliphatic heterocycles. The molecule has 0 radical (unpaired) electrons. The minimum atomic E-state index is -0.591. The fourth-order valence-electron chi connectivity index (χ4n) is 5.26. The molecule has 0 spiro atoms. The highest BCUT2D eigenvalue weighted by Crippen LogP contribution is 2.31. The number of aromatic nitrogens is 2. The van der Waals surface area contributed by atoms with Gasteiger partial charge in [0.05, 0.1) is 30.0 Å². The zero-order chi connectivity index (χ0) is 28.1. The van der Waals surface area contributed by atoms with Gasteiger partial charge in [-0.1, -0.05) is 48.0 Å². The summed E-state index contributed by atoms with van der Waals surface area (Å²) in [6, 6.07) is 12.5. The third-order valence-electron chi connectivity index (χ3n) is 7.38. The standard InChI is InChI=1S/C30H33ClN4O5/c1-39-18-20-3-2-4-21(11-20)26(17-36)33-28(37)16-35-15-23-6-5-22(13-24(23)30(35)38)29-25(31)14-32-27(34-29)12-19-7-9-40-10-8-19/h2-6,11,13-14,19,26,36H,7-10,12,15-18H2,1H3,(H,33,37)/t26-/m1/s1. The molecule has 210 valence electrons. The molecule has 9 nitrogen and oxygen atoms in total. The summed E-state index contributed by atoms with van der Waals surface area (Å²) in [5, 5.41) is 13.2. The Morgan fingerprint density at radius 1 is 1.25 bits per heavy atom. The molecular formula is C30H33ClN4O5. The number of carbonyl (C=O) groups excluding carboxylic acids is 2. The molecule has 2 aromatic carbocycles. The first kappa shape index (κ1) is 28.2. The van der Waals surface area contributed by atoms with Gasteiger partial charge in [0.2, 0.25) is 5.91 Å². The maximum atomic E-state index is 13.3. The van der Waals surface area contributed by atoms with Gasteiger partial charge in [-0.05, 0) is 41.5 Å². The number of hydrogen-bond donors (Lipinski definition) is 2. The van der Waals surface area contributed by atoms with Crippen molar-refractivity contribution in [3.63, 3.8) is 0 Å². The Hall–Kier alpha value is -3.37. The molecule has 0 saturated carbocycles. The van der Waals surface area contributed by atoms with Crippen LogP contribution in [0.15, 0.2) is 48.7 Å². The lowest BCUT2D eigenvalue weighted by Crippen LogP contribution is -2.40. The Bertz CT molecular complexity index is 1380. The van der Waals surface area contributed by atoms with Gasteiger partial charge in [0.25, 0.3) is 5.91 Å². The third kappa shape index (κ3) is 6.50. The van der Waals surface area contributed by atoms with E-state index in [0.29, 0.717) is 35.3 Å². The number of halogens is 1. The Kier molecular flexibility index (Phi) is 9.06. The normalized spacial score (nSPS) is 16.2. The van der Waals surface area contributed by atoms with Crippen LogP contribution in [0.2, 0.25) is 5.02 Å². The number of amides is 2. The number of methoxy groups -OCH3 is 1. The fourth-order valence-corrected chi connectivity index (χ4v) is 5.46. The van der Waals surface area contributed by atoms with E-state index in [-0.39, 0.29) is 25.0 Å². The van der Waals surface area contributed by atoms with Crippen LogP contribution in [0, 0.1) is 5.92 Å². The number of aliphatic hydroxyl groups excluding tert-OH is 1. The quantitative estimate of drug-likeness (QED) is 0.386. The predicted molar refractivity (Wildman–Crippen MR) is 150 cm³/mol. The summed E-state index contributed by atoms with van der Waals surface area (Å²) in [6.07, 6.45) is 4.34. The summed E-state index contributed by atoms with van der Waals surface area (Å²) < 4.78 is 10.6. The highest BCUT2D eigenvalue weighted by atomic mass is 35.5. The number of rotatable bonds is 10. The van der Waals surface area contributed by atoms with Gasteiger partial charge in [-0.15, -0.1) is 0 Å². The molecule has 10 heteroatoms. The zero-order valence-corrected chi connectivity index (χ0v) is 23.2. The Labute approximate surface area is 238 Å². The molecule has 0 aliphatic carbocycles. The van der Waals surface area contributed by atoms with Crippen LogP contribution in [0.1, 0.15) is 51.8 Å². The Balaban J connectivity index is 1.26. The van der Waals surface area contributed by atoms with Crippen molar-refractivity contribution >= 4 is 23.4 Å². The van der Waals surface area contributed by atoms with Crippen molar-refractivity contribution in [1.29, 1.82) is 0 Å². The van der Waals surface area contributed by atoms with Crippen LogP contribution >= 0.6 is 11.6 Å². The molecule has 1 atom stereocenters. The van der Waals surface area contributed by atoms with Gasteiger partial charge in [-0.3, -0.25) is 9.59 Å². The van der Waals surface area contributed by atoms with Crippen molar-refractivity contribution in [2.45, 2.75) is 38.5 Å². The van der Waals surface area contributed by atoms with Gasteiger partial charge in [-0.25, -0.2) is 9.97 Å². The largest absolute Gasteiger partial charge is 0.394 e. The number of carbonyl (C=O) groups is 2. The van der Waals surface area contributed by atoms with Crippen molar-refractivity contribution < 1.29 is 24.2 Å². The second kappa shape index (κ2) is 12.9. The lowest BCUT2D eigenvalue weighted by atomic mass is 9.96. The van der Waals surface area contributed by atoms with E-state index in [1.54, 1.807) is 19.4 Å². The number of aliphatic hydroxyl groups is 1. The molecule has 0 unspecified atom stereocenters. The van der Waals surface area contributed by atoms with Crippen LogP contribution in [0.3, 0.4) is 0 Å². The summed E-state index contributed by atoms with van der Waals surface area (Å²) in [5.41, 5.74) is 4.39. The van der Waals surface area contributed by atoms with Crippen molar-refractivity contribution in [3.05, 3.63) is 81.8 Å². The monoisotopic (exact) mass is 564 g/mol. The lowest BCUT2D eigenvalue weighted by Gasteiger charge is -2.21. The van der Waals surface area contributed by atoms with Crippen LogP contribution in [0.4, 0.5) is 0 Å². The molecule has 2 amide bonds. The van der Waals surface area contributed by atoms with Gasteiger partial charge < -0.3 is 24.8 Å². The molecule has 3 aromatic rings. The lowest BCUT2D eigenvalue weighted by molar-refractivity contribution is -0.122. The van der Waals surface area contributed by atoms with Crippen molar-refractivity contribution in [2.75, 3.05) is 33.5 Å². The smallest absolute Gasteiger partial charge is 0.254 e. The maximum absolute atomic E-state index is 13.3. The van der Waals surface area contributed by atoms with E-state index in [2.05, 4.69) is 10.3 Å². The van der Waals surface area contributed by atoms with Gasteiger partial charge in [0.1, 0.15) is 12.4 Å². The third-order valence-corrected chi connectivity index (χ3v) is 7.66. The highest BCUT2D eigenvalue weighted by molar-refractivity contribution is 6.32.